The van der Waals surface area contributed by atoms with Gasteiger partial charge in [0.2, 0.25) is 11.5 Å². The van der Waals surface area contributed by atoms with E-state index in [-0.39, 0.29) is 11.5 Å². The Morgan fingerprint density at radius 3 is 2.47 bits per heavy atom. The monoisotopic (exact) mass is 238 g/mol. The fraction of sp³-hybridized carbons (Fsp3) is 0.250. The molecule has 5 nitrogen and oxygen atoms in total. The molecule has 0 radical (unpaired) electrons. The summed E-state index contributed by atoms with van der Waals surface area (Å²) < 4.78 is 9.87. The maximum absolute atomic E-state index is 11.2. The fourth-order valence-electron chi connectivity index (χ4n) is 1.18. The molecule has 5 heteroatoms. The van der Waals surface area contributed by atoms with Crippen molar-refractivity contribution < 1.29 is 24.5 Å². The second-order valence-electron chi connectivity index (χ2n) is 3.11. The second-order valence-corrected chi connectivity index (χ2v) is 3.11. The molecule has 0 heterocycles. The van der Waals surface area contributed by atoms with Gasteiger partial charge in [0, 0.05) is 6.08 Å². The van der Waals surface area contributed by atoms with Crippen LogP contribution in [0.3, 0.4) is 0 Å². The van der Waals surface area contributed by atoms with Crippen molar-refractivity contribution in [1.82, 2.24) is 0 Å². The van der Waals surface area contributed by atoms with E-state index in [9.17, 15) is 15.0 Å². The van der Waals surface area contributed by atoms with Gasteiger partial charge in [-0.25, -0.2) is 4.79 Å². The van der Waals surface area contributed by atoms with Gasteiger partial charge in [-0.3, -0.25) is 0 Å². The van der Waals surface area contributed by atoms with Crippen LogP contribution in [0.2, 0.25) is 0 Å². The zero-order chi connectivity index (χ0) is 12.8. The Labute approximate surface area is 98.9 Å². The van der Waals surface area contributed by atoms with E-state index in [1.165, 1.54) is 24.3 Å². The minimum atomic E-state index is -0.633. The Kier molecular flexibility index (Phi) is 4.39. The Morgan fingerprint density at radius 2 is 1.88 bits per heavy atom. The number of benzene rings is 1. The molecular weight excluding hydrogens is 224 g/mol. The first-order valence-corrected chi connectivity index (χ1v) is 5.12. The summed E-state index contributed by atoms with van der Waals surface area (Å²) in [5.41, 5.74) is 0. The van der Waals surface area contributed by atoms with Gasteiger partial charge in [-0.2, -0.15) is 0 Å². The van der Waals surface area contributed by atoms with Gasteiger partial charge < -0.3 is 19.7 Å². The van der Waals surface area contributed by atoms with Crippen molar-refractivity contribution in [2.45, 2.75) is 13.8 Å². The third-order valence-electron chi connectivity index (χ3n) is 1.89. The molecule has 1 aromatic rings. The van der Waals surface area contributed by atoms with Gasteiger partial charge in [0.15, 0.2) is 11.5 Å². The molecule has 0 unspecified atom stereocenters. The largest absolute Gasteiger partial charge is 0.502 e. The summed E-state index contributed by atoms with van der Waals surface area (Å²) in [6, 6.07) is 2.76. The van der Waals surface area contributed by atoms with Crippen molar-refractivity contribution in [2.24, 2.45) is 0 Å². The Balaban J connectivity index is 2.96. The maximum atomic E-state index is 11.2. The number of allylic oxidation sites excluding steroid dienone is 1. The van der Waals surface area contributed by atoms with Crippen LogP contribution in [0.5, 0.6) is 23.0 Å². The Bertz CT molecular complexity index is 437. The van der Waals surface area contributed by atoms with Crippen LogP contribution in [-0.4, -0.2) is 22.8 Å². The summed E-state index contributed by atoms with van der Waals surface area (Å²) in [5.74, 6) is -1.58. The smallest absolute Gasteiger partial charge is 0.335 e. The number of rotatable bonds is 4. The van der Waals surface area contributed by atoms with E-state index in [1.54, 1.807) is 13.8 Å². The van der Waals surface area contributed by atoms with Crippen LogP contribution in [0.1, 0.15) is 13.8 Å². The van der Waals surface area contributed by atoms with Crippen LogP contribution in [0.25, 0.3) is 0 Å². The van der Waals surface area contributed by atoms with Crippen LogP contribution in [0, 0.1) is 0 Å². The minimum absolute atomic E-state index is 0.117. The SMILES string of the molecule is CC=CC(=O)Oc1ccc(OCC)c(O)c1O. The standard InChI is InChI=1S/C12H14O5/c1-3-5-10(13)17-9-7-6-8(16-4-2)11(14)12(9)15/h3,5-7,14-15H,4H2,1-2H3. The zero-order valence-electron chi connectivity index (χ0n) is 9.64. The van der Waals surface area contributed by atoms with Gasteiger partial charge in [0.05, 0.1) is 6.61 Å². The predicted octanol–water partition coefficient (Wildman–Crippen LogP) is 1.98. The molecule has 1 aromatic carbocycles. The van der Waals surface area contributed by atoms with Gasteiger partial charge >= 0.3 is 5.97 Å². The van der Waals surface area contributed by atoms with Crippen molar-refractivity contribution >= 4 is 5.97 Å². The van der Waals surface area contributed by atoms with Crippen LogP contribution < -0.4 is 9.47 Å². The molecule has 17 heavy (non-hydrogen) atoms. The molecule has 0 aliphatic carbocycles. The second kappa shape index (κ2) is 5.79. The lowest BCUT2D eigenvalue weighted by Crippen LogP contribution is -2.04. The molecule has 0 spiro atoms. The summed E-state index contributed by atoms with van der Waals surface area (Å²) in [4.78, 5) is 11.2. The molecular formula is C12H14O5. The number of esters is 1. The van der Waals surface area contributed by atoms with E-state index in [4.69, 9.17) is 9.47 Å². The molecule has 0 atom stereocenters. The predicted molar refractivity (Wildman–Crippen MR) is 61.4 cm³/mol. The highest BCUT2D eigenvalue weighted by Crippen LogP contribution is 2.42. The number of hydrogen-bond donors (Lipinski definition) is 2. The molecule has 0 aliphatic heterocycles. The summed E-state index contributed by atoms with van der Waals surface area (Å²) in [7, 11) is 0. The average Bonchev–Trinajstić information content (AvgIpc) is 2.29. The molecule has 0 saturated carbocycles. The van der Waals surface area contributed by atoms with E-state index in [2.05, 4.69) is 0 Å². The van der Waals surface area contributed by atoms with Crippen molar-refractivity contribution in [3.8, 4) is 23.0 Å². The first kappa shape index (κ1) is 12.9. The van der Waals surface area contributed by atoms with Crippen LogP contribution in [-0.2, 0) is 4.79 Å². The fourth-order valence-corrected chi connectivity index (χ4v) is 1.18. The highest BCUT2D eigenvalue weighted by molar-refractivity contribution is 5.84. The molecule has 0 bridgehead atoms. The van der Waals surface area contributed by atoms with Crippen molar-refractivity contribution in [3.05, 3.63) is 24.3 Å². The summed E-state index contributed by atoms with van der Waals surface area (Å²) >= 11 is 0. The maximum Gasteiger partial charge on any atom is 0.335 e. The number of ether oxygens (including phenoxy) is 2. The normalized spacial score (nSPS) is 10.5. The lowest BCUT2D eigenvalue weighted by atomic mass is 10.2. The van der Waals surface area contributed by atoms with Gasteiger partial charge in [-0.15, -0.1) is 0 Å². The number of carbonyl (C=O) groups is 1. The molecule has 1 rings (SSSR count). The average molecular weight is 238 g/mol. The highest BCUT2D eigenvalue weighted by Gasteiger charge is 2.15. The quantitative estimate of drug-likeness (QED) is 0.363. The zero-order valence-corrected chi connectivity index (χ0v) is 9.64. The van der Waals surface area contributed by atoms with Gasteiger partial charge in [-0.1, -0.05) is 6.08 Å². The lowest BCUT2D eigenvalue weighted by molar-refractivity contribution is -0.129. The lowest BCUT2D eigenvalue weighted by Gasteiger charge is -2.10. The summed E-state index contributed by atoms with van der Waals surface area (Å²) in [5, 5.41) is 19.2. The van der Waals surface area contributed by atoms with E-state index in [1.807, 2.05) is 0 Å². The third kappa shape index (κ3) is 3.14. The van der Waals surface area contributed by atoms with Crippen LogP contribution in [0.15, 0.2) is 24.3 Å². The molecule has 0 aliphatic rings. The molecule has 0 aromatic heterocycles. The third-order valence-corrected chi connectivity index (χ3v) is 1.89. The molecule has 0 fully saturated rings. The molecule has 92 valence electrons. The molecule has 0 saturated heterocycles. The van der Waals surface area contributed by atoms with Crippen molar-refractivity contribution in [3.63, 3.8) is 0 Å². The van der Waals surface area contributed by atoms with Crippen LogP contribution >= 0.6 is 0 Å². The number of phenolic OH excluding ortho intramolecular Hbond substituents is 2. The number of carbonyl (C=O) groups excluding carboxylic acids is 1. The van der Waals surface area contributed by atoms with Gasteiger partial charge in [0.25, 0.3) is 0 Å². The first-order chi connectivity index (χ1) is 8.10. The van der Waals surface area contributed by atoms with Gasteiger partial charge in [-0.05, 0) is 26.0 Å². The van der Waals surface area contributed by atoms with Gasteiger partial charge in [0.1, 0.15) is 0 Å². The van der Waals surface area contributed by atoms with E-state index in [0.717, 1.165) is 0 Å². The number of phenols is 2. The van der Waals surface area contributed by atoms with Crippen molar-refractivity contribution in [2.75, 3.05) is 6.61 Å². The van der Waals surface area contributed by atoms with Crippen molar-refractivity contribution in [1.29, 1.82) is 0 Å². The van der Waals surface area contributed by atoms with E-state index in [0.29, 0.717) is 6.61 Å². The molecule has 0 amide bonds. The number of hydrogen-bond acceptors (Lipinski definition) is 5. The Morgan fingerprint density at radius 1 is 1.29 bits per heavy atom. The minimum Gasteiger partial charge on any atom is -0.502 e. The summed E-state index contributed by atoms with van der Waals surface area (Å²) in [6.45, 7) is 3.76. The highest BCUT2D eigenvalue weighted by atomic mass is 16.5. The van der Waals surface area contributed by atoms with E-state index >= 15 is 0 Å². The van der Waals surface area contributed by atoms with Crippen LogP contribution in [0.4, 0.5) is 0 Å². The topological polar surface area (TPSA) is 76.0 Å². The Hall–Kier alpha value is -2.17. The summed E-state index contributed by atoms with van der Waals surface area (Å²) in [6.07, 6.45) is 2.71. The van der Waals surface area contributed by atoms with E-state index < -0.39 is 17.5 Å². The molecule has 2 N–H and O–H groups in total. The first-order valence-electron chi connectivity index (χ1n) is 5.12. The number of aromatic hydroxyl groups is 2.